The quantitative estimate of drug-likeness (QED) is 0.370. The van der Waals surface area contributed by atoms with Crippen LogP contribution in [0.2, 0.25) is 20.1 Å². The Hall–Kier alpha value is -1.86. The Morgan fingerprint density at radius 2 is 1.66 bits per heavy atom. The number of nitrogens with one attached hydrogen (secondary N) is 4. The summed E-state index contributed by atoms with van der Waals surface area (Å²) in [5.74, 6) is -0.260. The molecule has 2 aromatic carbocycles. The van der Waals surface area contributed by atoms with Gasteiger partial charge in [0.05, 0.1) is 20.8 Å². The molecule has 0 aliphatic rings. The van der Waals surface area contributed by atoms with Crippen LogP contribution < -0.4 is 21.5 Å². The molecule has 3 amide bonds. The molecule has 29 heavy (non-hydrogen) atoms. The third kappa shape index (κ3) is 7.48. The molecule has 1 unspecified atom stereocenters. The number of carbonyl (C=O) groups excluding carboxylic acids is 2. The molecule has 0 heterocycles. The number of anilines is 2. The molecule has 2 rings (SSSR count). The summed E-state index contributed by atoms with van der Waals surface area (Å²) in [4.78, 5) is 24.9. The summed E-state index contributed by atoms with van der Waals surface area (Å²) in [5.41, 5.74) is 6.22. The minimum absolute atomic E-state index is 0.162. The second kappa shape index (κ2) is 10.8. The number of hydrogen-bond donors (Lipinski definition) is 4. The zero-order valence-electron chi connectivity index (χ0n) is 15.7. The zero-order valence-corrected chi connectivity index (χ0v) is 18.7. The van der Waals surface area contributed by atoms with Gasteiger partial charge in [-0.15, -0.1) is 0 Å². The summed E-state index contributed by atoms with van der Waals surface area (Å²) < 4.78 is 0. The average molecular weight is 478 g/mol. The van der Waals surface area contributed by atoms with Crippen LogP contribution in [-0.2, 0) is 4.79 Å². The fourth-order valence-corrected chi connectivity index (χ4v) is 3.16. The minimum Gasteiger partial charge on any atom is -0.326 e. The van der Waals surface area contributed by atoms with Crippen molar-refractivity contribution in [1.29, 1.82) is 0 Å². The van der Waals surface area contributed by atoms with Crippen LogP contribution in [0.25, 0.3) is 0 Å². The van der Waals surface area contributed by atoms with E-state index in [4.69, 9.17) is 46.4 Å². The van der Waals surface area contributed by atoms with Gasteiger partial charge in [-0.1, -0.05) is 60.3 Å². The topological polar surface area (TPSA) is 82.3 Å². The molecular weight excluding hydrogens is 458 g/mol. The molecule has 10 heteroatoms. The Bertz CT molecular complexity index is 893. The van der Waals surface area contributed by atoms with Crippen molar-refractivity contribution < 1.29 is 9.59 Å². The SMILES string of the molecule is CC(C)CC(NC(=O)Nc1ccc(Cl)c(Cl)c1)C(=O)NNc1ccc(Cl)cc1Cl. The summed E-state index contributed by atoms with van der Waals surface area (Å²) in [7, 11) is 0. The fraction of sp³-hybridized carbons (Fsp3) is 0.263. The van der Waals surface area contributed by atoms with Crippen molar-refractivity contribution in [3.8, 4) is 0 Å². The Morgan fingerprint density at radius 1 is 0.931 bits per heavy atom. The summed E-state index contributed by atoms with van der Waals surface area (Å²) in [6.45, 7) is 3.89. The van der Waals surface area contributed by atoms with Gasteiger partial charge in [0.15, 0.2) is 0 Å². The summed E-state index contributed by atoms with van der Waals surface area (Å²) in [6.07, 6.45) is 0.427. The molecule has 0 spiro atoms. The van der Waals surface area contributed by atoms with E-state index >= 15 is 0 Å². The van der Waals surface area contributed by atoms with Crippen molar-refractivity contribution in [3.05, 3.63) is 56.5 Å². The van der Waals surface area contributed by atoms with Gasteiger partial charge >= 0.3 is 6.03 Å². The van der Waals surface area contributed by atoms with Crippen LogP contribution in [0, 0.1) is 5.92 Å². The molecule has 0 aliphatic carbocycles. The normalized spacial score (nSPS) is 11.7. The first-order valence-electron chi connectivity index (χ1n) is 8.69. The lowest BCUT2D eigenvalue weighted by atomic mass is 10.0. The maximum Gasteiger partial charge on any atom is 0.319 e. The van der Waals surface area contributed by atoms with Crippen LogP contribution >= 0.6 is 46.4 Å². The molecule has 0 bridgehead atoms. The molecule has 1 atom stereocenters. The van der Waals surface area contributed by atoms with Crippen molar-refractivity contribution in [1.82, 2.24) is 10.7 Å². The molecule has 0 fully saturated rings. The van der Waals surface area contributed by atoms with E-state index in [1.54, 1.807) is 30.3 Å². The maximum atomic E-state index is 12.6. The predicted molar refractivity (Wildman–Crippen MR) is 120 cm³/mol. The molecule has 0 aromatic heterocycles. The Labute approximate surface area is 189 Å². The number of carbonyl (C=O) groups is 2. The number of urea groups is 1. The number of halogens is 4. The van der Waals surface area contributed by atoms with Gasteiger partial charge in [-0.05, 0) is 48.7 Å². The van der Waals surface area contributed by atoms with Gasteiger partial charge < -0.3 is 10.6 Å². The summed E-state index contributed by atoms with van der Waals surface area (Å²) in [5, 5.41) is 6.80. The van der Waals surface area contributed by atoms with E-state index in [9.17, 15) is 9.59 Å². The molecule has 0 saturated carbocycles. The highest BCUT2D eigenvalue weighted by Gasteiger charge is 2.22. The van der Waals surface area contributed by atoms with Crippen LogP contribution in [0.15, 0.2) is 36.4 Å². The predicted octanol–water partition coefficient (Wildman–Crippen LogP) is 5.98. The van der Waals surface area contributed by atoms with Crippen molar-refractivity contribution in [2.24, 2.45) is 5.92 Å². The summed E-state index contributed by atoms with van der Waals surface area (Å²) >= 11 is 23.8. The van der Waals surface area contributed by atoms with Crippen LogP contribution in [0.1, 0.15) is 20.3 Å². The van der Waals surface area contributed by atoms with Crippen LogP contribution in [0.3, 0.4) is 0 Å². The number of rotatable bonds is 7. The third-order valence-electron chi connectivity index (χ3n) is 3.76. The van der Waals surface area contributed by atoms with Crippen LogP contribution in [-0.4, -0.2) is 18.0 Å². The summed E-state index contributed by atoms with van der Waals surface area (Å²) in [6, 6.07) is 8.18. The fourth-order valence-electron chi connectivity index (χ4n) is 2.41. The number of hydrogen-bond acceptors (Lipinski definition) is 3. The molecular formula is C19H20Cl4N4O2. The van der Waals surface area contributed by atoms with Crippen molar-refractivity contribution >= 4 is 69.7 Å². The minimum atomic E-state index is -0.781. The van der Waals surface area contributed by atoms with Gasteiger partial charge in [-0.25, -0.2) is 4.79 Å². The van der Waals surface area contributed by atoms with Gasteiger partial charge in [-0.3, -0.25) is 15.6 Å². The highest BCUT2D eigenvalue weighted by Crippen LogP contribution is 2.25. The van der Waals surface area contributed by atoms with Gasteiger partial charge in [0, 0.05) is 10.7 Å². The van der Waals surface area contributed by atoms with Gasteiger partial charge in [0.25, 0.3) is 5.91 Å². The zero-order chi connectivity index (χ0) is 21.6. The second-order valence-electron chi connectivity index (χ2n) is 6.65. The first-order chi connectivity index (χ1) is 13.7. The second-order valence-corrected chi connectivity index (χ2v) is 8.31. The number of benzene rings is 2. The average Bonchev–Trinajstić information content (AvgIpc) is 2.63. The maximum absolute atomic E-state index is 12.6. The van der Waals surface area contributed by atoms with E-state index in [1.165, 1.54) is 6.07 Å². The molecule has 0 aliphatic heterocycles. The van der Waals surface area contributed by atoms with E-state index in [2.05, 4.69) is 21.5 Å². The van der Waals surface area contributed by atoms with E-state index in [0.29, 0.717) is 37.9 Å². The van der Waals surface area contributed by atoms with E-state index < -0.39 is 18.0 Å². The van der Waals surface area contributed by atoms with E-state index in [-0.39, 0.29) is 5.92 Å². The highest BCUT2D eigenvalue weighted by molar-refractivity contribution is 6.42. The van der Waals surface area contributed by atoms with Crippen LogP contribution in [0.4, 0.5) is 16.2 Å². The van der Waals surface area contributed by atoms with Gasteiger partial charge in [0.1, 0.15) is 6.04 Å². The molecule has 4 N–H and O–H groups in total. The smallest absolute Gasteiger partial charge is 0.319 e. The largest absolute Gasteiger partial charge is 0.326 e. The molecule has 2 aromatic rings. The van der Waals surface area contributed by atoms with Gasteiger partial charge in [-0.2, -0.15) is 0 Å². The van der Waals surface area contributed by atoms with E-state index in [1.807, 2.05) is 13.8 Å². The molecule has 156 valence electrons. The number of amides is 3. The van der Waals surface area contributed by atoms with Crippen molar-refractivity contribution in [2.75, 3.05) is 10.7 Å². The molecule has 0 saturated heterocycles. The lowest BCUT2D eigenvalue weighted by Gasteiger charge is -2.21. The molecule has 6 nitrogen and oxygen atoms in total. The van der Waals surface area contributed by atoms with Crippen molar-refractivity contribution in [2.45, 2.75) is 26.3 Å². The Morgan fingerprint density at radius 3 is 2.28 bits per heavy atom. The first kappa shape index (κ1) is 23.4. The number of hydrazine groups is 1. The first-order valence-corrected chi connectivity index (χ1v) is 10.2. The van der Waals surface area contributed by atoms with Crippen molar-refractivity contribution in [3.63, 3.8) is 0 Å². The highest BCUT2D eigenvalue weighted by atomic mass is 35.5. The van der Waals surface area contributed by atoms with E-state index in [0.717, 1.165) is 0 Å². The standard InChI is InChI=1S/C19H20Cl4N4O2/c1-10(2)7-17(18(28)27-26-16-6-3-11(20)8-15(16)23)25-19(29)24-12-4-5-13(21)14(22)9-12/h3-6,8-10,17,26H,7H2,1-2H3,(H,27,28)(H2,24,25,29). The van der Waals surface area contributed by atoms with Gasteiger partial charge in [0.2, 0.25) is 0 Å². The third-order valence-corrected chi connectivity index (χ3v) is 5.04. The lowest BCUT2D eigenvalue weighted by Crippen LogP contribution is -2.50. The Kier molecular flexibility index (Phi) is 8.71. The lowest BCUT2D eigenvalue weighted by molar-refractivity contribution is -0.122. The van der Waals surface area contributed by atoms with Crippen LogP contribution in [0.5, 0.6) is 0 Å². The monoisotopic (exact) mass is 476 g/mol. The molecule has 0 radical (unpaired) electrons. The Balaban J connectivity index is 2.00.